The van der Waals surface area contributed by atoms with Gasteiger partial charge in [0.25, 0.3) is 5.56 Å². The van der Waals surface area contributed by atoms with Crippen molar-refractivity contribution in [3.05, 3.63) is 39.6 Å². The molecule has 1 saturated heterocycles. The molecule has 3 rings (SSSR count). The van der Waals surface area contributed by atoms with Crippen molar-refractivity contribution in [1.82, 2.24) is 24.2 Å². The molecule has 0 bridgehead atoms. The van der Waals surface area contributed by atoms with Gasteiger partial charge < -0.3 is 9.64 Å². The average molecular weight is 359 g/mol. The van der Waals surface area contributed by atoms with Crippen molar-refractivity contribution >= 4 is 5.91 Å². The normalized spacial score (nSPS) is 14.7. The maximum atomic E-state index is 12.7. The highest BCUT2D eigenvalue weighted by Crippen LogP contribution is 2.11. The molecule has 140 valence electrons. The van der Waals surface area contributed by atoms with E-state index in [0.29, 0.717) is 38.7 Å². The third kappa shape index (κ3) is 3.85. The summed E-state index contributed by atoms with van der Waals surface area (Å²) in [5.74, 6) is 0.288. The molecule has 0 spiro atoms. The van der Waals surface area contributed by atoms with Gasteiger partial charge in [0.2, 0.25) is 11.9 Å². The number of carbonyl (C=O) groups excluding carboxylic acids is 1. The van der Waals surface area contributed by atoms with E-state index < -0.39 is 0 Å². The number of amides is 1. The summed E-state index contributed by atoms with van der Waals surface area (Å²) in [6.07, 6.45) is 1.60. The molecule has 2 aromatic rings. The summed E-state index contributed by atoms with van der Waals surface area (Å²) in [6.45, 7) is 7.93. The Bertz CT molecular complexity index is 849. The number of carbonyl (C=O) groups is 1. The number of aryl methyl sites for hydroxylation is 3. The molecule has 1 aliphatic rings. The predicted octanol–water partition coefficient (Wildman–Crippen LogP) is 0.857. The number of nitrogens with zero attached hydrogens (tertiary/aromatic N) is 5. The van der Waals surface area contributed by atoms with Gasteiger partial charge in [0.15, 0.2) is 0 Å². The van der Waals surface area contributed by atoms with Gasteiger partial charge in [0.1, 0.15) is 6.54 Å². The van der Waals surface area contributed by atoms with E-state index >= 15 is 0 Å². The van der Waals surface area contributed by atoms with E-state index in [1.807, 2.05) is 26.8 Å². The van der Waals surface area contributed by atoms with Crippen LogP contribution < -0.4 is 5.56 Å². The van der Waals surface area contributed by atoms with Crippen LogP contribution in [0.2, 0.25) is 0 Å². The first kappa shape index (κ1) is 18.3. The fourth-order valence-electron chi connectivity index (χ4n) is 3.11. The summed E-state index contributed by atoms with van der Waals surface area (Å²) in [7, 11) is 0. The highest BCUT2D eigenvalue weighted by Gasteiger charge is 2.21. The van der Waals surface area contributed by atoms with Gasteiger partial charge in [-0.15, -0.1) is 0 Å². The van der Waals surface area contributed by atoms with E-state index in [0.717, 1.165) is 23.5 Å². The summed E-state index contributed by atoms with van der Waals surface area (Å²) in [5, 5.41) is 4.45. The molecule has 26 heavy (non-hydrogen) atoms. The lowest BCUT2D eigenvalue weighted by Gasteiger charge is -2.27. The lowest BCUT2D eigenvalue weighted by Crippen LogP contribution is -2.44. The largest absolute Gasteiger partial charge is 0.378 e. The number of morpholine rings is 1. The lowest BCUT2D eigenvalue weighted by molar-refractivity contribution is -0.135. The van der Waals surface area contributed by atoms with Gasteiger partial charge in [0.05, 0.1) is 18.9 Å². The monoisotopic (exact) mass is 359 g/mol. The third-order valence-electron chi connectivity index (χ3n) is 4.40. The Hall–Kier alpha value is -2.48. The Balaban J connectivity index is 2.01. The smallest absolute Gasteiger partial charge is 0.255 e. The van der Waals surface area contributed by atoms with Crippen molar-refractivity contribution in [1.29, 1.82) is 0 Å². The summed E-state index contributed by atoms with van der Waals surface area (Å²) in [4.78, 5) is 31.7. The predicted molar refractivity (Wildman–Crippen MR) is 96.5 cm³/mol. The molecule has 0 atom stereocenters. The first-order chi connectivity index (χ1) is 12.5. The topological polar surface area (TPSA) is 82.3 Å². The molecular weight excluding hydrogens is 334 g/mol. The number of aromatic nitrogens is 4. The van der Waals surface area contributed by atoms with Crippen molar-refractivity contribution in [2.24, 2.45) is 0 Å². The fourth-order valence-corrected chi connectivity index (χ4v) is 3.11. The summed E-state index contributed by atoms with van der Waals surface area (Å²) in [5.41, 5.74) is 2.20. The lowest BCUT2D eigenvalue weighted by atomic mass is 10.2. The fraction of sp³-hybridized carbons (Fsp3) is 0.556. The van der Waals surface area contributed by atoms with Gasteiger partial charge in [-0.2, -0.15) is 5.10 Å². The minimum absolute atomic E-state index is 0.0497. The first-order valence-electron chi connectivity index (χ1n) is 8.99. The minimum Gasteiger partial charge on any atom is -0.378 e. The van der Waals surface area contributed by atoms with E-state index in [2.05, 4.69) is 10.1 Å². The van der Waals surface area contributed by atoms with E-state index in [9.17, 15) is 9.59 Å². The minimum atomic E-state index is -0.229. The van der Waals surface area contributed by atoms with Crippen molar-refractivity contribution in [3.8, 4) is 5.95 Å². The van der Waals surface area contributed by atoms with E-state index in [1.54, 1.807) is 9.58 Å². The molecule has 0 saturated carbocycles. The van der Waals surface area contributed by atoms with Crippen molar-refractivity contribution in [3.63, 3.8) is 0 Å². The Morgan fingerprint density at radius 2 is 1.96 bits per heavy atom. The van der Waals surface area contributed by atoms with Crippen LogP contribution >= 0.6 is 0 Å². The van der Waals surface area contributed by atoms with Crippen LogP contribution in [0.5, 0.6) is 0 Å². The van der Waals surface area contributed by atoms with E-state index in [4.69, 9.17) is 4.74 Å². The van der Waals surface area contributed by atoms with Crippen LogP contribution in [0.3, 0.4) is 0 Å². The SMILES string of the molecule is CCCc1cc(=O)n(CC(=O)N2CCOCC2)c(-n2nc(C)cc2C)n1. The maximum absolute atomic E-state index is 12.7. The molecule has 2 aromatic heterocycles. The molecule has 0 N–H and O–H groups in total. The zero-order valence-electron chi connectivity index (χ0n) is 15.6. The van der Waals surface area contributed by atoms with Gasteiger partial charge in [-0.25, -0.2) is 9.67 Å². The maximum Gasteiger partial charge on any atom is 0.255 e. The molecule has 1 fully saturated rings. The van der Waals surface area contributed by atoms with E-state index in [1.165, 1.54) is 10.6 Å². The molecule has 0 aromatic carbocycles. The second-order valence-corrected chi connectivity index (χ2v) is 6.55. The highest BCUT2D eigenvalue weighted by atomic mass is 16.5. The van der Waals surface area contributed by atoms with Crippen LogP contribution in [-0.2, 0) is 22.5 Å². The van der Waals surface area contributed by atoms with Crippen LogP contribution in [0, 0.1) is 13.8 Å². The van der Waals surface area contributed by atoms with Crippen LogP contribution in [0.25, 0.3) is 5.95 Å². The van der Waals surface area contributed by atoms with Crippen LogP contribution in [-0.4, -0.2) is 56.4 Å². The molecule has 0 aliphatic carbocycles. The Morgan fingerprint density at radius 3 is 2.58 bits per heavy atom. The van der Waals surface area contributed by atoms with Gasteiger partial charge in [-0.05, 0) is 26.3 Å². The number of hydrogen-bond donors (Lipinski definition) is 0. The van der Waals surface area contributed by atoms with Crippen LogP contribution in [0.4, 0.5) is 0 Å². The molecule has 8 heteroatoms. The first-order valence-corrected chi connectivity index (χ1v) is 8.99. The second-order valence-electron chi connectivity index (χ2n) is 6.55. The number of hydrogen-bond acceptors (Lipinski definition) is 5. The van der Waals surface area contributed by atoms with Gasteiger partial charge in [0, 0.05) is 30.5 Å². The summed E-state index contributed by atoms with van der Waals surface area (Å²) in [6, 6.07) is 3.44. The molecule has 3 heterocycles. The van der Waals surface area contributed by atoms with Crippen LogP contribution in [0.15, 0.2) is 16.9 Å². The van der Waals surface area contributed by atoms with Crippen molar-refractivity contribution in [2.75, 3.05) is 26.3 Å². The van der Waals surface area contributed by atoms with Crippen molar-refractivity contribution in [2.45, 2.75) is 40.2 Å². The standard InChI is InChI=1S/C18H25N5O3/c1-4-5-15-11-16(24)22(12-17(25)21-6-8-26-9-7-21)18(19-15)23-14(3)10-13(2)20-23/h10-11H,4-9,12H2,1-3H3. The van der Waals surface area contributed by atoms with Gasteiger partial charge in [-0.1, -0.05) is 13.3 Å². The Kier molecular flexibility index (Phi) is 5.51. The Morgan fingerprint density at radius 1 is 1.23 bits per heavy atom. The third-order valence-corrected chi connectivity index (χ3v) is 4.40. The number of rotatable bonds is 5. The number of ether oxygens (including phenoxy) is 1. The summed E-state index contributed by atoms with van der Waals surface area (Å²) >= 11 is 0. The van der Waals surface area contributed by atoms with Gasteiger partial charge >= 0.3 is 0 Å². The molecule has 0 unspecified atom stereocenters. The molecule has 8 nitrogen and oxygen atoms in total. The average Bonchev–Trinajstić information content (AvgIpc) is 2.96. The molecule has 1 aliphatic heterocycles. The quantitative estimate of drug-likeness (QED) is 0.791. The zero-order valence-corrected chi connectivity index (χ0v) is 15.6. The second kappa shape index (κ2) is 7.82. The van der Waals surface area contributed by atoms with Crippen molar-refractivity contribution < 1.29 is 9.53 Å². The molecule has 1 amide bonds. The zero-order chi connectivity index (χ0) is 18.7. The van der Waals surface area contributed by atoms with Gasteiger partial charge in [-0.3, -0.25) is 14.2 Å². The molecular formula is C18H25N5O3. The summed E-state index contributed by atoms with van der Waals surface area (Å²) < 4.78 is 8.34. The van der Waals surface area contributed by atoms with E-state index in [-0.39, 0.29) is 18.0 Å². The van der Waals surface area contributed by atoms with Crippen LogP contribution in [0.1, 0.15) is 30.4 Å². The Labute approximate surface area is 152 Å². The molecule has 0 radical (unpaired) electrons. The highest BCUT2D eigenvalue weighted by molar-refractivity contribution is 5.76.